The highest BCUT2D eigenvalue weighted by molar-refractivity contribution is 4.82. The molecule has 0 bridgehead atoms. The highest BCUT2D eigenvalue weighted by Crippen LogP contribution is 2.36. The van der Waals surface area contributed by atoms with Crippen molar-refractivity contribution >= 4 is 0 Å². The number of rotatable bonds is 1. The number of hydrogen-bond acceptors (Lipinski definition) is 2. The first-order chi connectivity index (χ1) is 3.81. The molecule has 0 aliphatic rings. The van der Waals surface area contributed by atoms with Gasteiger partial charge in [-0.1, -0.05) is 34.6 Å². The molecular formula is C8H22N2. The summed E-state index contributed by atoms with van der Waals surface area (Å²) >= 11 is 0. The lowest BCUT2D eigenvalue weighted by Gasteiger charge is -2.37. The molecule has 10 heavy (non-hydrogen) atoms. The molecule has 2 nitrogen and oxygen atoms in total. The molecule has 2 heteroatoms. The van der Waals surface area contributed by atoms with Crippen LogP contribution >= 0.6 is 0 Å². The summed E-state index contributed by atoms with van der Waals surface area (Å²) in [5.74, 6) is 0. The molecular weight excluding hydrogens is 124 g/mol. The summed E-state index contributed by atoms with van der Waals surface area (Å²) in [6.07, 6.45) is 0. The molecule has 64 valence electrons. The SMILES string of the molecule is CC(C)(C)C(C)(C)CN.N. The van der Waals surface area contributed by atoms with E-state index in [9.17, 15) is 0 Å². The average Bonchev–Trinajstić information content (AvgIpc) is 1.64. The van der Waals surface area contributed by atoms with E-state index in [0.717, 1.165) is 6.54 Å². The van der Waals surface area contributed by atoms with Gasteiger partial charge in [0.1, 0.15) is 0 Å². The normalized spacial score (nSPS) is 12.6. The average molecular weight is 146 g/mol. The quantitative estimate of drug-likeness (QED) is 0.595. The van der Waals surface area contributed by atoms with E-state index < -0.39 is 0 Å². The van der Waals surface area contributed by atoms with E-state index >= 15 is 0 Å². The molecule has 0 spiro atoms. The maximum absolute atomic E-state index is 5.59. The van der Waals surface area contributed by atoms with Crippen LogP contribution in [-0.2, 0) is 0 Å². The van der Waals surface area contributed by atoms with Gasteiger partial charge in [-0.3, -0.25) is 0 Å². The minimum absolute atomic E-state index is 0. The molecule has 0 radical (unpaired) electrons. The zero-order chi connectivity index (χ0) is 7.71. The molecule has 0 rings (SSSR count). The van der Waals surface area contributed by atoms with Gasteiger partial charge in [-0.25, -0.2) is 0 Å². The van der Waals surface area contributed by atoms with Gasteiger partial charge in [0.05, 0.1) is 0 Å². The fourth-order valence-corrected chi connectivity index (χ4v) is 0.306. The van der Waals surface area contributed by atoms with Gasteiger partial charge in [0.25, 0.3) is 0 Å². The Balaban J connectivity index is 0. The van der Waals surface area contributed by atoms with Crippen molar-refractivity contribution in [1.29, 1.82) is 0 Å². The van der Waals surface area contributed by atoms with Gasteiger partial charge < -0.3 is 11.9 Å². The van der Waals surface area contributed by atoms with Crippen LogP contribution in [0.15, 0.2) is 0 Å². The molecule has 0 unspecified atom stereocenters. The van der Waals surface area contributed by atoms with Crippen LogP contribution in [0.2, 0.25) is 0 Å². The fourth-order valence-electron chi connectivity index (χ4n) is 0.306. The first kappa shape index (κ1) is 12.6. The predicted octanol–water partition coefficient (Wildman–Crippen LogP) is 2.18. The lowest BCUT2D eigenvalue weighted by atomic mass is 9.69. The van der Waals surface area contributed by atoms with Crippen molar-refractivity contribution in [3.63, 3.8) is 0 Å². The van der Waals surface area contributed by atoms with Crippen molar-refractivity contribution < 1.29 is 0 Å². The monoisotopic (exact) mass is 146 g/mol. The van der Waals surface area contributed by atoms with Crippen molar-refractivity contribution in [2.24, 2.45) is 16.6 Å². The summed E-state index contributed by atoms with van der Waals surface area (Å²) in [5.41, 5.74) is 6.17. The van der Waals surface area contributed by atoms with Crippen LogP contribution in [0.5, 0.6) is 0 Å². The van der Waals surface area contributed by atoms with Crippen molar-refractivity contribution in [2.75, 3.05) is 6.54 Å². The van der Waals surface area contributed by atoms with E-state index in [4.69, 9.17) is 5.73 Å². The van der Waals surface area contributed by atoms with Gasteiger partial charge in [-0.15, -0.1) is 0 Å². The van der Waals surface area contributed by atoms with E-state index in [1.165, 1.54) is 0 Å². The molecule has 0 aromatic carbocycles. The first-order valence-corrected chi connectivity index (χ1v) is 3.51. The summed E-state index contributed by atoms with van der Waals surface area (Å²) in [6, 6.07) is 0. The Morgan fingerprint density at radius 3 is 1.30 bits per heavy atom. The number of nitrogens with two attached hydrogens (primary N) is 1. The van der Waals surface area contributed by atoms with Crippen LogP contribution in [0.3, 0.4) is 0 Å². The molecule has 0 heterocycles. The second kappa shape index (κ2) is 3.35. The van der Waals surface area contributed by atoms with Gasteiger partial charge in [-0.05, 0) is 17.4 Å². The molecule has 0 fully saturated rings. The summed E-state index contributed by atoms with van der Waals surface area (Å²) in [7, 11) is 0. The van der Waals surface area contributed by atoms with Crippen LogP contribution < -0.4 is 11.9 Å². The maximum Gasteiger partial charge on any atom is -0.00208 e. The minimum Gasteiger partial charge on any atom is -0.344 e. The topological polar surface area (TPSA) is 61.0 Å². The van der Waals surface area contributed by atoms with Crippen LogP contribution in [0.1, 0.15) is 34.6 Å². The van der Waals surface area contributed by atoms with Gasteiger partial charge >= 0.3 is 0 Å². The zero-order valence-electron chi connectivity index (χ0n) is 7.99. The Bertz CT molecular complexity index is 89.9. The Morgan fingerprint density at radius 2 is 1.30 bits per heavy atom. The lowest BCUT2D eigenvalue weighted by molar-refractivity contribution is 0.142. The standard InChI is InChI=1S/C8H19N.H3N/c1-7(2,3)8(4,5)6-9;/h6,9H2,1-5H3;1H3. The van der Waals surface area contributed by atoms with E-state index in [0.29, 0.717) is 5.41 Å². The first-order valence-electron chi connectivity index (χ1n) is 3.51. The summed E-state index contributed by atoms with van der Waals surface area (Å²) in [5, 5.41) is 0. The Labute approximate surface area is 64.8 Å². The van der Waals surface area contributed by atoms with Crippen molar-refractivity contribution in [2.45, 2.75) is 34.6 Å². The lowest BCUT2D eigenvalue weighted by Crippen LogP contribution is -2.36. The minimum atomic E-state index is 0. The Hall–Kier alpha value is -0.0800. The van der Waals surface area contributed by atoms with Crippen LogP contribution in [-0.4, -0.2) is 6.54 Å². The number of hydrogen-bond donors (Lipinski definition) is 2. The van der Waals surface area contributed by atoms with Gasteiger partial charge in [-0.2, -0.15) is 0 Å². The summed E-state index contributed by atoms with van der Waals surface area (Å²) in [4.78, 5) is 0. The molecule has 0 saturated heterocycles. The predicted molar refractivity (Wildman–Crippen MR) is 47.3 cm³/mol. The molecule has 0 saturated carbocycles. The van der Waals surface area contributed by atoms with Gasteiger partial charge in [0.2, 0.25) is 0 Å². The molecule has 0 aromatic heterocycles. The molecule has 0 atom stereocenters. The molecule has 5 N–H and O–H groups in total. The summed E-state index contributed by atoms with van der Waals surface area (Å²) in [6.45, 7) is 11.8. The third kappa shape index (κ3) is 2.67. The second-order valence-electron chi connectivity index (χ2n) is 4.34. The van der Waals surface area contributed by atoms with Crippen LogP contribution in [0, 0.1) is 10.8 Å². The highest BCUT2D eigenvalue weighted by Gasteiger charge is 2.30. The maximum atomic E-state index is 5.59. The van der Waals surface area contributed by atoms with E-state index in [1.54, 1.807) is 0 Å². The fraction of sp³-hybridized carbons (Fsp3) is 1.00. The van der Waals surface area contributed by atoms with E-state index in [1.807, 2.05) is 0 Å². The van der Waals surface area contributed by atoms with Crippen molar-refractivity contribution in [3.8, 4) is 0 Å². The Kier molecular flexibility index (Phi) is 4.22. The molecule has 0 aliphatic carbocycles. The molecule has 0 aromatic rings. The molecule has 0 aliphatic heterocycles. The third-order valence-corrected chi connectivity index (χ3v) is 2.54. The zero-order valence-corrected chi connectivity index (χ0v) is 7.99. The third-order valence-electron chi connectivity index (χ3n) is 2.54. The van der Waals surface area contributed by atoms with Crippen molar-refractivity contribution in [3.05, 3.63) is 0 Å². The van der Waals surface area contributed by atoms with E-state index in [2.05, 4.69) is 34.6 Å². The van der Waals surface area contributed by atoms with Gasteiger partial charge in [0, 0.05) is 0 Å². The van der Waals surface area contributed by atoms with Crippen LogP contribution in [0.25, 0.3) is 0 Å². The van der Waals surface area contributed by atoms with Crippen molar-refractivity contribution in [1.82, 2.24) is 6.15 Å². The van der Waals surface area contributed by atoms with E-state index in [-0.39, 0.29) is 11.6 Å². The largest absolute Gasteiger partial charge is 0.344 e. The summed E-state index contributed by atoms with van der Waals surface area (Å²) < 4.78 is 0. The Morgan fingerprint density at radius 1 is 1.00 bits per heavy atom. The molecule has 0 amide bonds. The second-order valence-corrected chi connectivity index (χ2v) is 4.34. The van der Waals surface area contributed by atoms with Crippen LogP contribution in [0.4, 0.5) is 0 Å². The van der Waals surface area contributed by atoms with Gasteiger partial charge in [0.15, 0.2) is 0 Å². The smallest absolute Gasteiger partial charge is 0.00208 e. The highest BCUT2D eigenvalue weighted by atomic mass is 14.6.